The first-order chi connectivity index (χ1) is 7.22. The second-order valence-electron chi connectivity index (χ2n) is 2.48. The Hall–Kier alpha value is -2.36. The molecular formula is C5H4N6O4. The lowest BCUT2D eigenvalue weighted by molar-refractivity contribution is -0.390. The van der Waals surface area contributed by atoms with Gasteiger partial charge in [-0.05, 0) is 4.92 Å². The van der Waals surface area contributed by atoms with Crippen molar-refractivity contribution in [2.24, 2.45) is 0 Å². The lowest BCUT2D eigenvalue weighted by atomic mass is 10.5. The van der Waals surface area contributed by atoms with Crippen molar-refractivity contribution in [3.05, 3.63) is 22.0 Å². The molecule has 1 N–H and O–H groups in total. The Morgan fingerprint density at radius 2 is 2.40 bits per heavy atom. The summed E-state index contributed by atoms with van der Waals surface area (Å²) in [5.74, 6) is -0.753. The van der Waals surface area contributed by atoms with E-state index in [1.165, 1.54) is 6.20 Å². The number of aromatic nitrogens is 5. The lowest BCUT2D eigenvalue weighted by Gasteiger charge is -1.90. The van der Waals surface area contributed by atoms with Gasteiger partial charge in [-0.25, -0.2) is 0 Å². The molecule has 0 saturated carbocycles. The number of aliphatic hydroxyl groups excluding tert-OH is 1. The van der Waals surface area contributed by atoms with Crippen LogP contribution in [-0.4, -0.2) is 35.3 Å². The van der Waals surface area contributed by atoms with E-state index in [0.717, 1.165) is 4.68 Å². The van der Waals surface area contributed by atoms with E-state index >= 15 is 0 Å². The highest BCUT2D eigenvalue weighted by Gasteiger charge is 2.24. The van der Waals surface area contributed by atoms with E-state index in [1.807, 2.05) is 0 Å². The summed E-state index contributed by atoms with van der Waals surface area (Å²) >= 11 is 0. The number of nitro groups is 1. The van der Waals surface area contributed by atoms with Gasteiger partial charge < -0.3 is 15.2 Å². The summed E-state index contributed by atoms with van der Waals surface area (Å²) in [7, 11) is 0. The average Bonchev–Trinajstić information content (AvgIpc) is 2.85. The number of rotatable bonds is 3. The fourth-order valence-corrected chi connectivity index (χ4v) is 0.913. The Morgan fingerprint density at radius 1 is 1.60 bits per heavy atom. The third-order valence-electron chi connectivity index (χ3n) is 1.55. The van der Waals surface area contributed by atoms with Crippen molar-refractivity contribution in [3.63, 3.8) is 0 Å². The third-order valence-corrected chi connectivity index (χ3v) is 1.55. The van der Waals surface area contributed by atoms with Gasteiger partial charge in [-0.1, -0.05) is 5.21 Å². The molecule has 0 spiro atoms. The highest BCUT2D eigenvalue weighted by Crippen LogP contribution is 2.16. The zero-order chi connectivity index (χ0) is 10.8. The van der Waals surface area contributed by atoms with Gasteiger partial charge in [0.1, 0.15) is 5.69 Å². The molecule has 0 bridgehead atoms. The van der Waals surface area contributed by atoms with Gasteiger partial charge >= 0.3 is 11.6 Å². The van der Waals surface area contributed by atoms with Crippen molar-refractivity contribution in [3.8, 4) is 5.82 Å². The van der Waals surface area contributed by atoms with Crippen molar-refractivity contribution < 1.29 is 14.7 Å². The molecule has 0 saturated heterocycles. The maximum atomic E-state index is 10.5. The van der Waals surface area contributed by atoms with Gasteiger partial charge in [-0.15, -0.1) is 9.73 Å². The molecule has 0 aliphatic carbocycles. The molecule has 15 heavy (non-hydrogen) atoms. The maximum absolute atomic E-state index is 10.5. The highest BCUT2D eigenvalue weighted by molar-refractivity contribution is 5.36. The summed E-state index contributed by atoms with van der Waals surface area (Å²) in [6, 6.07) is 0. The van der Waals surface area contributed by atoms with Crippen molar-refractivity contribution in [1.82, 2.24) is 25.3 Å². The van der Waals surface area contributed by atoms with E-state index in [2.05, 4.69) is 25.3 Å². The van der Waals surface area contributed by atoms with Gasteiger partial charge in [-0.2, -0.15) is 4.68 Å². The van der Waals surface area contributed by atoms with Crippen LogP contribution in [0.15, 0.2) is 10.8 Å². The van der Waals surface area contributed by atoms with Gasteiger partial charge in [0.25, 0.3) is 0 Å². The molecule has 2 heterocycles. The highest BCUT2D eigenvalue weighted by atomic mass is 16.6. The van der Waals surface area contributed by atoms with E-state index in [9.17, 15) is 10.1 Å². The normalized spacial score (nSPS) is 10.5. The number of nitrogens with zero attached hydrogens (tertiary/aromatic N) is 6. The predicted octanol–water partition coefficient (Wildman–Crippen LogP) is -0.949. The Morgan fingerprint density at radius 3 is 3.00 bits per heavy atom. The molecular weight excluding hydrogens is 208 g/mol. The summed E-state index contributed by atoms with van der Waals surface area (Å²) in [6.07, 6.45) is 1.28. The van der Waals surface area contributed by atoms with Crippen molar-refractivity contribution in [2.45, 2.75) is 6.61 Å². The molecule has 2 rings (SSSR count). The quantitative estimate of drug-likeness (QED) is 0.508. The molecule has 0 unspecified atom stereocenters. The Balaban J connectivity index is 2.44. The Bertz CT molecular complexity index is 489. The third kappa shape index (κ3) is 1.52. The standard InChI is InChI=1S/C5H4N6O4/c12-2-3-1-10(9-6-3)4-5(11(13)14)8-15-7-4/h1,12H,2H2. The van der Waals surface area contributed by atoms with Crippen molar-refractivity contribution in [1.29, 1.82) is 0 Å². The minimum atomic E-state index is -0.758. The van der Waals surface area contributed by atoms with E-state index < -0.39 is 10.7 Å². The molecule has 78 valence electrons. The summed E-state index contributed by atoms with van der Waals surface area (Å²) in [5, 5.41) is 32.6. The molecule has 0 radical (unpaired) electrons. The first-order valence-corrected chi connectivity index (χ1v) is 3.71. The fourth-order valence-electron chi connectivity index (χ4n) is 0.913. The first-order valence-electron chi connectivity index (χ1n) is 3.71. The molecule has 10 heteroatoms. The zero-order valence-electron chi connectivity index (χ0n) is 7.14. The Labute approximate surface area is 81.2 Å². The summed E-state index contributed by atoms with van der Waals surface area (Å²) in [6.45, 7) is -0.320. The Kier molecular flexibility index (Phi) is 2.10. The molecule has 2 aromatic rings. The second kappa shape index (κ2) is 3.42. The molecule has 0 amide bonds. The smallest absolute Gasteiger partial charge is 0.390 e. The minimum absolute atomic E-state index is 0.188. The van der Waals surface area contributed by atoms with Gasteiger partial charge in [0.15, 0.2) is 5.16 Å². The first kappa shape index (κ1) is 9.21. The monoisotopic (exact) mass is 212 g/mol. The second-order valence-corrected chi connectivity index (χ2v) is 2.48. The number of hydrogen-bond acceptors (Lipinski definition) is 8. The fraction of sp³-hybridized carbons (Fsp3) is 0.200. The van der Waals surface area contributed by atoms with Crippen LogP contribution in [0.3, 0.4) is 0 Å². The van der Waals surface area contributed by atoms with E-state index in [1.54, 1.807) is 0 Å². The van der Waals surface area contributed by atoms with Crippen molar-refractivity contribution >= 4 is 5.82 Å². The minimum Gasteiger partial charge on any atom is -0.390 e. The van der Waals surface area contributed by atoms with E-state index in [0.29, 0.717) is 0 Å². The molecule has 0 aliphatic heterocycles. The maximum Gasteiger partial charge on any atom is 0.461 e. The van der Waals surface area contributed by atoms with E-state index in [4.69, 9.17) is 5.11 Å². The molecule has 2 aromatic heterocycles. The van der Waals surface area contributed by atoms with Crippen LogP contribution in [0.5, 0.6) is 0 Å². The van der Waals surface area contributed by atoms with Crippen LogP contribution in [-0.2, 0) is 6.61 Å². The average molecular weight is 212 g/mol. The summed E-state index contributed by atoms with van der Waals surface area (Å²) in [5.41, 5.74) is 0.257. The van der Waals surface area contributed by atoms with Gasteiger partial charge in [-0.3, -0.25) is 0 Å². The van der Waals surface area contributed by atoms with Gasteiger partial charge in [0.05, 0.1) is 12.8 Å². The van der Waals surface area contributed by atoms with Gasteiger partial charge in [0, 0.05) is 5.16 Å². The van der Waals surface area contributed by atoms with Crippen molar-refractivity contribution in [2.75, 3.05) is 0 Å². The molecule has 10 nitrogen and oxygen atoms in total. The summed E-state index contributed by atoms with van der Waals surface area (Å²) < 4.78 is 5.21. The molecule has 0 atom stereocenters. The van der Waals surface area contributed by atoms with Gasteiger partial charge in [0.2, 0.25) is 0 Å². The largest absolute Gasteiger partial charge is 0.461 e. The van der Waals surface area contributed by atoms with Crippen LogP contribution in [0.1, 0.15) is 5.69 Å². The summed E-state index contributed by atoms with van der Waals surface area (Å²) in [4.78, 5) is 9.71. The molecule has 0 aliphatic rings. The SMILES string of the molecule is O=[N+]([O-])c1nonc1-n1cc(CO)nn1. The topological polar surface area (TPSA) is 133 Å². The zero-order valence-corrected chi connectivity index (χ0v) is 7.14. The van der Waals surface area contributed by atoms with Crippen LogP contribution < -0.4 is 0 Å². The molecule has 0 aromatic carbocycles. The van der Waals surface area contributed by atoms with Crippen LogP contribution in [0.25, 0.3) is 5.82 Å². The van der Waals surface area contributed by atoms with Crippen LogP contribution >= 0.6 is 0 Å². The number of hydrogen-bond donors (Lipinski definition) is 1. The van der Waals surface area contributed by atoms with E-state index in [-0.39, 0.29) is 18.1 Å². The number of aliphatic hydroxyl groups is 1. The van der Waals surface area contributed by atoms with Crippen LogP contribution in [0, 0.1) is 10.1 Å². The predicted molar refractivity (Wildman–Crippen MR) is 41.8 cm³/mol. The lowest BCUT2D eigenvalue weighted by Crippen LogP contribution is -2.00. The van der Waals surface area contributed by atoms with Crippen LogP contribution in [0.4, 0.5) is 5.82 Å². The molecule has 0 fully saturated rings. The van der Waals surface area contributed by atoms with Crippen LogP contribution in [0.2, 0.25) is 0 Å².